The largest absolute Gasteiger partial charge is 0.484 e. The van der Waals surface area contributed by atoms with Crippen molar-refractivity contribution >= 4 is 11.8 Å². The molecular formula is C21H24N2O3. The van der Waals surface area contributed by atoms with E-state index in [0.717, 1.165) is 12.8 Å². The zero-order chi connectivity index (χ0) is 18.4. The molecule has 0 spiro atoms. The fourth-order valence-corrected chi connectivity index (χ4v) is 3.64. The molecule has 2 aromatic carbocycles. The van der Waals surface area contributed by atoms with Gasteiger partial charge in [0, 0.05) is 17.5 Å². The Labute approximate surface area is 153 Å². The predicted molar refractivity (Wildman–Crippen MR) is 100 cm³/mol. The third-order valence-electron chi connectivity index (χ3n) is 5.01. The van der Waals surface area contributed by atoms with Gasteiger partial charge in [-0.3, -0.25) is 9.59 Å². The number of carbonyl (C=O) groups is 2. The summed E-state index contributed by atoms with van der Waals surface area (Å²) in [4.78, 5) is 23.4. The maximum absolute atomic E-state index is 12.6. The van der Waals surface area contributed by atoms with Crippen molar-refractivity contribution in [2.24, 2.45) is 5.73 Å². The van der Waals surface area contributed by atoms with Gasteiger partial charge in [0.25, 0.3) is 11.8 Å². The van der Waals surface area contributed by atoms with Gasteiger partial charge in [-0.1, -0.05) is 49.2 Å². The number of primary amides is 1. The molecule has 2 amide bonds. The molecule has 26 heavy (non-hydrogen) atoms. The van der Waals surface area contributed by atoms with Crippen LogP contribution in [-0.2, 0) is 10.2 Å². The second-order valence-corrected chi connectivity index (χ2v) is 6.82. The van der Waals surface area contributed by atoms with Crippen LogP contribution in [0.3, 0.4) is 0 Å². The van der Waals surface area contributed by atoms with E-state index < -0.39 is 5.91 Å². The van der Waals surface area contributed by atoms with E-state index in [-0.39, 0.29) is 17.9 Å². The second kappa shape index (κ2) is 8.04. The molecule has 0 saturated heterocycles. The summed E-state index contributed by atoms with van der Waals surface area (Å²) < 4.78 is 5.27. The Morgan fingerprint density at radius 2 is 1.77 bits per heavy atom. The minimum Gasteiger partial charge on any atom is -0.484 e. The first kappa shape index (κ1) is 18.0. The van der Waals surface area contributed by atoms with Gasteiger partial charge < -0.3 is 15.8 Å². The third-order valence-corrected chi connectivity index (χ3v) is 5.01. The van der Waals surface area contributed by atoms with Gasteiger partial charge in [-0.25, -0.2) is 0 Å². The number of carbonyl (C=O) groups excluding carboxylic acids is 2. The van der Waals surface area contributed by atoms with Gasteiger partial charge in [0.05, 0.1) is 0 Å². The molecule has 0 heterocycles. The molecule has 3 rings (SSSR count). The van der Waals surface area contributed by atoms with Crippen LogP contribution in [-0.4, -0.2) is 25.0 Å². The van der Waals surface area contributed by atoms with Gasteiger partial charge in [-0.05, 0) is 36.6 Å². The Morgan fingerprint density at radius 1 is 1.04 bits per heavy atom. The van der Waals surface area contributed by atoms with Crippen LogP contribution < -0.4 is 15.8 Å². The molecule has 1 saturated carbocycles. The van der Waals surface area contributed by atoms with Crippen LogP contribution in [0.5, 0.6) is 5.75 Å². The third kappa shape index (κ3) is 4.23. The summed E-state index contributed by atoms with van der Waals surface area (Å²) in [6.45, 7) is 0.407. The molecule has 0 atom stereocenters. The summed E-state index contributed by atoms with van der Waals surface area (Å²) in [6.07, 6.45) is 4.53. The molecule has 0 unspecified atom stereocenters. The van der Waals surface area contributed by atoms with Crippen molar-refractivity contribution < 1.29 is 14.3 Å². The van der Waals surface area contributed by atoms with Gasteiger partial charge in [0.1, 0.15) is 5.75 Å². The summed E-state index contributed by atoms with van der Waals surface area (Å²) in [5.41, 5.74) is 6.89. The van der Waals surface area contributed by atoms with E-state index in [9.17, 15) is 9.59 Å². The normalized spacial score (nSPS) is 15.4. The van der Waals surface area contributed by atoms with E-state index in [1.54, 1.807) is 24.3 Å². The molecule has 0 radical (unpaired) electrons. The first-order chi connectivity index (χ1) is 12.6. The molecule has 5 nitrogen and oxygen atoms in total. The monoisotopic (exact) mass is 352 g/mol. The molecule has 1 aliphatic rings. The van der Waals surface area contributed by atoms with Crippen LogP contribution in [0.1, 0.15) is 41.6 Å². The van der Waals surface area contributed by atoms with E-state index in [1.807, 2.05) is 6.07 Å². The average Bonchev–Trinajstić information content (AvgIpc) is 3.16. The number of nitrogens with one attached hydrogen (secondary N) is 1. The van der Waals surface area contributed by atoms with Gasteiger partial charge in [0.2, 0.25) is 0 Å². The highest BCUT2D eigenvalue weighted by molar-refractivity contribution is 5.94. The van der Waals surface area contributed by atoms with E-state index in [1.165, 1.54) is 18.4 Å². The summed E-state index contributed by atoms with van der Waals surface area (Å²) in [5.74, 6) is -0.238. The highest BCUT2D eigenvalue weighted by atomic mass is 16.5. The molecule has 3 N–H and O–H groups in total. The summed E-state index contributed by atoms with van der Waals surface area (Å²) in [6, 6.07) is 17.2. The van der Waals surface area contributed by atoms with Crippen LogP contribution in [0.2, 0.25) is 0 Å². The van der Waals surface area contributed by atoms with Crippen molar-refractivity contribution in [3.05, 3.63) is 65.7 Å². The lowest BCUT2D eigenvalue weighted by molar-refractivity contribution is -0.119. The van der Waals surface area contributed by atoms with Crippen LogP contribution in [0.15, 0.2) is 54.6 Å². The Hall–Kier alpha value is -2.82. The number of hydrogen-bond donors (Lipinski definition) is 2. The van der Waals surface area contributed by atoms with Gasteiger partial charge in [-0.15, -0.1) is 0 Å². The average molecular weight is 352 g/mol. The predicted octanol–water partition coefficient (Wildman–Crippen LogP) is 2.79. The first-order valence-electron chi connectivity index (χ1n) is 8.94. The van der Waals surface area contributed by atoms with Crippen LogP contribution in [0.25, 0.3) is 0 Å². The Morgan fingerprint density at radius 3 is 2.46 bits per heavy atom. The zero-order valence-corrected chi connectivity index (χ0v) is 14.7. The van der Waals surface area contributed by atoms with Crippen molar-refractivity contribution in [3.63, 3.8) is 0 Å². The van der Waals surface area contributed by atoms with Crippen molar-refractivity contribution in [1.82, 2.24) is 5.32 Å². The fourth-order valence-electron chi connectivity index (χ4n) is 3.64. The molecule has 1 fully saturated rings. The minimum atomic E-state index is -0.550. The van der Waals surface area contributed by atoms with Gasteiger partial charge in [0.15, 0.2) is 6.61 Å². The van der Waals surface area contributed by atoms with E-state index >= 15 is 0 Å². The number of ether oxygens (including phenoxy) is 1. The van der Waals surface area contributed by atoms with Crippen molar-refractivity contribution in [2.45, 2.75) is 31.1 Å². The molecule has 2 aromatic rings. The number of nitrogens with two attached hydrogens (primary N) is 1. The lowest BCUT2D eigenvalue weighted by Crippen LogP contribution is -2.39. The number of hydrogen-bond acceptors (Lipinski definition) is 3. The molecule has 136 valence electrons. The quantitative estimate of drug-likeness (QED) is 0.804. The lowest BCUT2D eigenvalue weighted by Gasteiger charge is -2.30. The Kier molecular flexibility index (Phi) is 5.56. The smallest absolute Gasteiger partial charge is 0.255 e. The second-order valence-electron chi connectivity index (χ2n) is 6.82. The highest BCUT2D eigenvalue weighted by Crippen LogP contribution is 2.40. The lowest BCUT2D eigenvalue weighted by atomic mass is 9.79. The molecule has 0 aromatic heterocycles. The Bertz CT molecular complexity index is 768. The topological polar surface area (TPSA) is 81.4 Å². The number of benzene rings is 2. The molecule has 1 aliphatic carbocycles. The Balaban J connectivity index is 1.68. The molecule has 0 aliphatic heterocycles. The zero-order valence-electron chi connectivity index (χ0n) is 14.7. The highest BCUT2D eigenvalue weighted by Gasteiger charge is 2.35. The maximum Gasteiger partial charge on any atom is 0.255 e. The van der Waals surface area contributed by atoms with Gasteiger partial charge >= 0.3 is 0 Å². The van der Waals surface area contributed by atoms with Crippen molar-refractivity contribution in [3.8, 4) is 5.75 Å². The summed E-state index contributed by atoms with van der Waals surface area (Å²) in [7, 11) is 0. The summed E-state index contributed by atoms with van der Waals surface area (Å²) in [5, 5.41) is 3.09. The first-order valence-corrected chi connectivity index (χ1v) is 8.94. The van der Waals surface area contributed by atoms with E-state index in [2.05, 4.69) is 29.6 Å². The van der Waals surface area contributed by atoms with Crippen LogP contribution in [0, 0.1) is 0 Å². The minimum absolute atomic E-state index is 0.0109. The number of amides is 2. The molecule has 0 bridgehead atoms. The fraction of sp³-hybridized carbons (Fsp3) is 0.333. The standard InChI is InChI=1S/C21H24N2O3/c22-19(24)14-26-18-10-6-7-16(13-18)20(25)23-15-21(11-4-5-12-21)17-8-2-1-3-9-17/h1-3,6-10,13H,4-5,11-12,14-15H2,(H2,22,24)(H,23,25). The SMILES string of the molecule is NC(=O)COc1cccc(C(=O)NCC2(c3ccccc3)CCCC2)c1. The number of rotatable bonds is 7. The van der Waals surface area contributed by atoms with Crippen molar-refractivity contribution in [2.75, 3.05) is 13.2 Å². The van der Waals surface area contributed by atoms with Crippen molar-refractivity contribution in [1.29, 1.82) is 0 Å². The summed E-state index contributed by atoms with van der Waals surface area (Å²) >= 11 is 0. The van der Waals surface area contributed by atoms with Crippen LogP contribution in [0.4, 0.5) is 0 Å². The molecular weight excluding hydrogens is 328 g/mol. The molecule has 5 heteroatoms. The van der Waals surface area contributed by atoms with Crippen LogP contribution >= 0.6 is 0 Å². The van der Waals surface area contributed by atoms with Gasteiger partial charge in [-0.2, -0.15) is 0 Å². The van der Waals surface area contributed by atoms with E-state index in [4.69, 9.17) is 10.5 Å². The van der Waals surface area contributed by atoms with E-state index in [0.29, 0.717) is 17.9 Å². The maximum atomic E-state index is 12.6.